The summed E-state index contributed by atoms with van der Waals surface area (Å²) in [5, 5.41) is 8.78. The quantitative estimate of drug-likeness (QED) is 0.863. The van der Waals surface area contributed by atoms with Gasteiger partial charge in [-0.25, -0.2) is 0 Å². The molecule has 0 aliphatic rings. The fraction of sp³-hybridized carbons (Fsp3) is 0.462. The number of rotatable bonds is 5. The molecule has 1 atom stereocenters. The molecular formula is C13H18N2O3. The Morgan fingerprint density at radius 1 is 1.50 bits per heavy atom. The van der Waals surface area contributed by atoms with E-state index < -0.39 is 5.97 Å². The predicted molar refractivity (Wildman–Crippen MR) is 67.4 cm³/mol. The van der Waals surface area contributed by atoms with Crippen molar-refractivity contribution in [1.29, 1.82) is 0 Å². The summed E-state index contributed by atoms with van der Waals surface area (Å²) in [6.45, 7) is 5.83. The van der Waals surface area contributed by atoms with Crippen LogP contribution in [0.3, 0.4) is 0 Å². The standard InChI is InChI=1S/C13H18N2O3/c1-4-15(10(3)8-11(16)17)13(18)12-9(2)6-5-7-14-12/h5-7,10H,4,8H2,1-3H3,(H,16,17). The zero-order valence-electron chi connectivity index (χ0n) is 10.9. The number of nitrogens with zero attached hydrogens (tertiary/aromatic N) is 2. The minimum Gasteiger partial charge on any atom is -0.481 e. The van der Waals surface area contributed by atoms with Gasteiger partial charge in [0, 0.05) is 18.8 Å². The number of aliphatic carboxylic acids is 1. The summed E-state index contributed by atoms with van der Waals surface area (Å²) in [5.41, 5.74) is 1.18. The molecule has 1 aromatic rings. The number of carboxylic acids is 1. The second kappa shape index (κ2) is 6.14. The average Bonchev–Trinajstić information content (AvgIpc) is 2.29. The second-order valence-electron chi connectivity index (χ2n) is 4.21. The van der Waals surface area contributed by atoms with Gasteiger partial charge in [-0.3, -0.25) is 14.6 Å². The predicted octanol–water partition coefficient (Wildman–Crippen LogP) is 1.72. The van der Waals surface area contributed by atoms with Gasteiger partial charge in [-0.15, -0.1) is 0 Å². The van der Waals surface area contributed by atoms with Crippen LogP contribution in [-0.2, 0) is 4.79 Å². The lowest BCUT2D eigenvalue weighted by atomic mass is 10.1. The summed E-state index contributed by atoms with van der Waals surface area (Å²) in [7, 11) is 0. The van der Waals surface area contributed by atoms with Gasteiger partial charge in [-0.05, 0) is 32.4 Å². The van der Waals surface area contributed by atoms with Gasteiger partial charge in [0.25, 0.3) is 5.91 Å². The number of pyridine rings is 1. The Bertz CT molecular complexity index is 446. The van der Waals surface area contributed by atoms with Gasteiger partial charge in [-0.2, -0.15) is 0 Å². The Morgan fingerprint density at radius 2 is 2.17 bits per heavy atom. The molecular weight excluding hydrogens is 232 g/mol. The van der Waals surface area contributed by atoms with E-state index in [0.29, 0.717) is 12.2 Å². The normalized spacial score (nSPS) is 11.9. The Kier molecular flexibility index (Phi) is 4.83. The third-order valence-corrected chi connectivity index (χ3v) is 2.82. The van der Waals surface area contributed by atoms with E-state index in [1.807, 2.05) is 19.9 Å². The van der Waals surface area contributed by atoms with Crippen molar-refractivity contribution in [3.05, 3.63) is 29.6 Å². The Morgan fingerprint density at radius 3 is 2.67 bits per heavy atom. The molecule has 0 saturated carbocycles. The van der Waals surface area contributed by atoms with Crippen LogP contribution in [0.4, 0.5) is 0 Å². The van der Waals surface area contributed by atoms with Crippen molar-refractivity contribution < 1.29 is 14.7 Å². The minimum atomic E-state index is -0.911. The smallest absolute Gasteiger partial charge is 0.305 e. The molecule has 1 amide bonds. The summed E-state index contributed by atoms with van der Waals surface area (Å²) < 4.78 is 0. The zero-order chi connectivity index (χ0) is 13.7. The van der Waals surface area contributed by atoms with Crippen LogP contribution in [0.2, 0.25) is 0 Å². The van der Waals surface area contributed by atoms with E-state index >= 15 is 0 Å². The van der Waals surface area contributed by atoms with Crippen LogP contribution in [0.5, 0.6) is 0 Å². The number of carbonyl (C=O) groups is 2. The highest BCUT2D eigenvalue weighted by Gasteiger charge is 2.23. The molecule has 0 spiro atoms. The van der Waals surface area contributed by atoms with Crippen LogP contribution in [-0.4, -0.2) is 39.5 Å². The highest BCUT2D eigenvalue weighted by Crippen LogP contribution is 2.12. The van der Waals surface area contributed by atoms with Crippen LogP contribution in [0, 0.1) is 6.92 Å². The highest BCUT2D eigenvalue weighted by molar-refractivity contribution is 5.94. The van der Waals surface area contributed by atoms with E-state index in [9.17, 15) is 9.59 Å². The maximum atomic E-state index is 12.3. The van der Waals surface area contributed by atoms with E-state index in [1.54, 1.807) is 19.2 Å². The molecule has 1 unspecified atom stereocenters. The van der Waals surface area contributed by atoms with Gasteiger partial charge < -0.3 is 10.0 Å². The minimum absolute atomic E-state index is 0.0640. The third kappa shape index (κ3) is 3.29. The van der Waals surface area contributed by atoms with Crippen LogP contribution in [0.25, 0.3) is 0 Å². The van der Waals surface area contributed by atoms with Crippen LogP contribution < -0.4 is 0 Å². The average molecular weight is 250 g/mol. The Balaban J connectivity index is 2.92. The van der Waals surface area contributed by atoms with E-state index in [-0.39, 0.29) is 18.4 Å². The monoisotopic (exact) mass is 250 g/mol. The van der Waals surface area contributed by atoms with E-state index in [0.717, 1.165) is 5.56 Å². The molecule has 0 aromatic carbocycles. The topological polar surface area (TPSA) is 70.5 Å². The molecule has 1 heterocycles. The zero-order valence-corrected chi connectivity index (χ0v) is 10.9. The van der Waals surface area contributed by atoms with Crippen molar-refractivity contribution in [1.82, 2.24) is 9.88 Å². The first-order valence-corrected chi connectivity index (χ1v) is 5.91. The van der Waals surface area contributed by atoms with Crippen molar-refractivity contribution in [2.45, 2.75) is 33.2 Å². The molecule has 5 nitrogen and oxygen atoms in total. The molecule has 18 heavy (non-hydrogen) atoms. The molecule has 0 saturated heterocycles. The molecule has 0 bridgehead atoms. The Labute approximate surface area is 106 Å². The van der Waals surface area contributed by atoms with Gasteiger partial charge in [-0.1, -0.05) is 6.07 Å². The molecule has 1 N–H and O–H groups in total. The molecule has 1 rings (SSSR count). The molecule has 0 radical (unpaired) electrons. The number of aromatic nitrogens is 1. The maximum Gasteiger partial charge on any atom is 0.305 e. The van der Waals surface area contributed by atoms with Gasteiger partial charge in [0.05, 0.1) is 6.42 Å². The molecule has 0 fully saturated rings. The fourth-order valence-electron chi connectivity index (χ4n) is 1.86. The SMILES string of the molecule is CCN(C(=O)c1ncccc1C)C(C)CC(=O)O. The van der Waals surface area contributed by atoms with Crippen molar-refractivity contribution in [2.75, 3.05) is 6.54 Å². The molecule has 0 aliphatic heterocycles. The van der Waals surface area contributed by atoms with Crippen molar-refractivity contribution in [3.8, 4) is 0 Å². The van der Waals surface area contributed by atoms with E-state index in [2.05, 4.69) is 4.98 Å². The summed E-state index contributed by atoms with van der Waals surface area (Å²) in [6, 6.07) is 3.24. The van der Waals surface area contributed by atoms with Crippen molar-refractivity contribution in [3.63, 3.8) is 0 Å². The number of amides is 1. The maximum absolute atomic E-state index is 12.3. The van der Waals surface area contributed by atoms with Crippen LogP contribution in [0.15, 0.2) is 18.3 Å². The first-order chi connectivity index (χ1) is 8.47. The molecule has 1 aromatic heterocycles. The van der Waals surface area contributed by atoms with Gasteiger partial charge in [0.15, 0.2) is 0 Å². The van der Waals surface area contributed by atoms with Crippen LogP contribution >= 0.6 is 0 Å². The number of hydrogen-bond donors (Lipinski definition) is 1. The number of hydrogen-bond acceptors (Lipinski definition) is 3. The van der Waals surface area contributed by atoms with Crippen LogP contribution in [0.1, 0.15) is 36.3 Å². The summed E-state index contributed by atoms with van der Waals surface area (Å²) in [6.07, 6.45) is 1.50. The summed E-state index contributed by atoms with van der Waals surface area (Å²) in [4.78, 5) is 28.6. The fourth-order valence-corrected chi connectivity index (χ4v) is 1.86. The van der Waals surface area contributed by atoms with E-state index in [1.165, 1.54) is 4.90 Å². The molecule has 5 heteroatoms. The third-order valence-electron chi connectivity index (χ3n) is 2.82. The first-order valence-electron chi connectivity index (χ1n) is 5.91. The summed E-state index contributed by atoms with van der Waals surface area (Å²) >= 11 is 0. The number of carboxylic acid groups (broad SMARTS) is 1. The largest absolute Gasteiger partial charge is 0.481 e. The van der Waals surface area contributed by atoms with Crippen molar-refractivity contribution >= 4 is 11.9 Å². The Hall–Kier alpha value is -1.91. The molecule has 0 aliphatic carbocycles. The summed E-state index contributed by atoms with van der Waals surface area (Å²) in [5.74, 6) is -1.13. The highest BCUT2D eigenvalue weighted by atomic mass is 16.4. The van der Waals surface area contributed by atoms with Gasteiger partial charge >= 0.3 is 5.97 Å². The number of aryl methyl sites for hydroxylation is 1. The van der Waals surface area contributed by atoms with Crippen molar-refractivity contribution in [2.24, 2.45) is 0 Å². The number of carbonyl (C=O) groups excluding carboxylic acids is 1. The lowest BCUT2D eigenvalue weighted by Gasteiger charge is -2.27. The first kappa shape index (κ1) is 14.2. The lowest BCUT2D eigenvalue weighted by Crippen LogP contribution is -2.40. The lowest BCUT2D eigenvalue weighted by molar-refractivity contribution is -0.138. The second-order valence-corrected chi connectivity index (χ2v) is 4.21. The van der Waals surface area contributed by atoms with Gasteiger partial charge in [0.2, 0.25) is 0 Å². The molecule has 98 valence electrons. The van der Waals surface area contributed by atoms with Gasteiger partial charge in [0.1, 0.15) is 5.69 Å². The van der Waals surface area contributed by atoms with E-state index in [4.69, 9.17) is 5.11 Å².